The van der Waals surface area contributed by atoms with E-state index in [1.165, 1.54) is 24.7 Å². The molecule has 9 heteroatoms. The summed E-state index contributed by atoms with van der Waals surface area (Å²) >= 11 is 0. The van der Waals surface area contributed by atoms with Crippen LogP contribution in [-0.4, -0.2) is 13.3 Å². The van der Waals surface area contributed by atoms with Crippen LogP contribution in [0.1, 0.15) is 5.56 Å². The first-order chi connectivity index (χ1) is 9.42. The maximum atomic E-state index is 12.1. The quantitative estimate of drug-likeness (QED) is 0.485. The van der Waals surface area contributed by atoms with Gasteiger partial charge in [-0.2, -0.15) is 0 Å². The van der Waals surface area contributed by atoms with Crippen LogP contribution in [0.25, 0.3) is 0 Å². The Morgan fingerprint density at radius 3 is 2.70 bits per heavy atom. The molecule has 1 aromatic carbocycles. The van der Waals surface area contributed by atoms with Gasteiger partial charge in [-0.3, -0.25) is 10.1 Å². The number of nitrogens with two attached hydrogens (primary N) is 1. The van der Waals surface area contributed by atoms with Crippen molar-refractivity contribution in [1.82, 2.24) is 4.72 Å². The first-order valence-corrected chi connectivity index (χ1v) is 6.94. The van der Waals surface area contributed by atoms with Crippen molar-refractivity contribution in [3.8, 4) is 0 Å². The van der Waals surface area contributed by atoms with Crippen LogP contribution in [0.5, 0.6) is 0 Å². The van der Waals surface area contributed by atoms with Gasteiger partial charge in [0.1, 0.15) is 5.69 Å². The fraction of sp³-hybridized carbons (Fsp3) is 0.0909. The van der Waals surface area contributed by atoms with Gasteiger partial charge in [0.05, 0.1) is 17.4 Å². The van der Waals surface area contributed by atoms with Crippen molar-refractivity contribution in [2.24, 2.45) is 0 Å². The Labute approximate surface area is 114 Å². The SMILES string of the molecule is Nc1cccc(S(=O)(=O)NCc2ccoc2)c1[N+](=O)[O-]. The Kier molecular flexibility index (Phi) is 3.72. The second-order valence-corrected chi connectivity index (χ2v) is 5.64. The van der Waals surface area contributed by atoms with Crippen LogP contribution in [0.2, 0.25) is 0 Å². The smallest absolute Gasteiger partial charge is 0.312 e. The second kappa shape index (κ2) is 5.31. The zero-order valence-corrected chi connectivity index (χ0v) is 11.0. The van der Waals surface area contributed by atoms with E-state index in [2.05, 4.69) is 4.72 Å². The molecule has 20 heavy (non-hydrogen) atoms. The molecule has 0 fully saturated rings. The first kappa shape index (κ1) is 14.0. The standard InChI is InChI=1S/C11H11N3O5S/c12-9-2-1-3-10(11(9)14(15)16)20(17,18)13-6-8-4-5-19-7-8/h1-5,7,13H,6,12H2. The Morgan fingerprint density at radius 2 is 2.10 bits per heavy atom. The van der Waals surface area contributed by atoms with Crippen molar-refractivity contribution in [2.45, 2.75) is 11.4 Å². The number of sulfonamides is 1. The molecule has 0 aliphatic rings. The molecule has 106 valence electrons. The molecule has 0 saturated carbocycles. The third kappa shape index (κ3) is 2.78. The van der Waals surface area contributed by atoms with Gasteiger partial charge in [0.2, 0.25) is 10.0 Å². The molecule has 0 atom stereocenters. The fourth-order valence-corrected chi connectivity index (χ4v) is 2.82. The van der Waals surface area contributed by atoms with E-state index < -0.39 is 25.5 Å². The zero-order valence-electron chi connectivity index (χ0n) is 10.1. The van der Waals surface area contributed by atoms with E-state index in [4.69, 9.17) is 10.2 Å². The van der Waals surface area contributed by atoms with E-state index in [0.717, 1.165) is 6.07 Å². The lowest BCUT2D eigenvalue weighted by molar-refractivity contribution is -0.386. The lowest BCUT2D eigenvalue weighted by Crippen LogP contribution is -2.24. The molecule has 1 aromatic heterocycles. The highest BCUT2D eigenvalue weighted by Gasteiger charge is 2.27. The molecular weight excluding hydrogens is 286 g/mol. The number of para-hydroxylation sites is 1. The number of rotatable bonds is 5. The van der Waals surface area contributed by atoms with Gasteiger partial charge >= 0.3 is 5.69 Å². The van der Waals surface area contributed by atoms with Crippen molar-refractivity contribution < 1.29 is 17.8 Å². The molecule has 2 aromatic rings. The van der Waals surface area contributed by atoms with Gasteiger partial charge in [0.25, 0.3) is 0 Å². The van der Waals surface area contributed by atoms with Crippen LogP contribution in [0.15, 0.2) is 46.1 Å². The molecular formula is C11H11N3O5S. The summed E-state index contributed by atoms with van der Waals surface area (Å²) in [5.41, 5.74) is 5.22. The monoisotopic (exact) mass is 297 g/mol. The van der Waals surface area contributed by atoms with Crippen molar-refractivity contribution in [1.29, 1.82) is 0 Å². The Hall–Kier alpha value is -2.39. The summed E-state index contributed by atoms with van der Waals surface area (Å²) in [6, 6.07) is 5.32. The van der Waals surface area contributed by atoms with Crippen molar-refractivity contribution in [3.63, 3.8) is 0 Å². The van der Waals surface area contributed by atoms with Gasteiger partial charge in [0, 0.05) is 12.1 Å². The number of benzene rings is 1. The van der Waals surface area contributed by atoms with Crippen LogP contribution in [0.3, 0.4) is 0 Å². The van der Waals surface area contributed by atoms with E-state index in [1.54, 1.807) is 6.07 Å². The number of nitrogen functional groups attached to an aromatic ring is 1. The second-order valence-electron chi connectivity index (χ2n) is 3.91. The number of nitrogens with zero attached hydrogens (tertiary/aromatic N) is 1. The van der Waals surface area contributed by atoms with E-state index in [1.807, 2.05) is 0 Å². The van der Waals surface area contributed by atoms with Gasteiger partial charge in [-0.1, -0.05) is 6.07 Å². The number of nitrogens with one attached hydrogen (secondary N) is 1. The van der Waals surface area contributed by atoms with Crippen molar-refractivity contribution in [3.05, 3.63) is 52.5 Å². The summed E-state index contributed by atoms with van der Waals surface area (Å²) in [5, 5.41) is 10.9. The van der Waals surface area contributed by atoms with Crippen LogP contribution in [-0.2, 0) is 16.6 Å². The molecule has 0 spiro atoms. The molecule has 8 nitrogen and oxygen atoms in total. The molecule has 2 rings (SSSR count). The lowest BCUT2D eigenvalue weighted by Gasteiger charge is -2.07. The topological polar surface area (TPSA) is 128 Å². The summed E-state index contributed by atoms with van der Waals surface area (Å²) < 4.78 is 31.3. The molecule has 0 aliphatic heterocycles. The number of anilines is 1. The predicted octanol–water partition coefficient (Wildman–Crippen LogP) is 1.25. The molecule has 0 bridgehead atoms. The number of hydrogen-bond acceptors (Lipinski definition) is 6. The molecule has 1 heterocycles. The minimum Gasteiger partial charge on any atom is -0.472 e. The normalized spacial score (nSPS) is 11.4. The van der Waals surface area contributed by atoms with Crippen molar-refractivity contribution in [2.75, 3.05) is 5.73 Å². The summed E-state index contributed by atoms with van der Waals surface area (Å²) in [6.45, 7) is -0.0369. The largest absolute Gasteiger partial charge is 0.472 e. The van der Waals surface area contributed by atoms with Crippen molar-refractivity contribution >= 4 is 21.4 Å². The average molecular weight is 297 g/mol. The van der Waals surface area contributed by atoms with E-state index >= 15 is 0 Å². The summed E-state index contributed by atoms with van der Waals surface area (Å²) in [6.07, 6.45) is 2.77. The third-order valence-electron chi connectivity index (χ3n) is 2.55. The van der Waals surface area contributed by atoms with Crippen LogP contribution in [0.4, 0.5) is 11.4 Å². The number of nitro groups is 1. The maximum absolute atomic E-state index is 12.1. The predicted molar refractivity (Wildman–Crippen MR) is 70.2 cm³/mol. The lowest BCUT2D eigenvalue weighted by atomic mass is 10.3. The molecule has 0 amide bonds. The summed E-state index contributed by atoms with van der Waals surface area (Å²) in [7, 11) is -4.05. The van der Waals surface area contributed by atoms with E-state index in [9.17, 15) is 18.5 Å². The Morgan fingerprint density at radius 1 is 1.35 bits per heavy atom. The molecule has 3 N–H and O–H groups in total. The molecule has 0 radical (unpaired) electrons. The van der Waals surface area contributed by atoms with Gasteiger partial charge in [0.15, 0.2) is 4.90 Å². The van der Waals surface area contributed by atoms with Gasteiger partial charge < -0.3 is 10.2 Å². The van der Waals surface area contributed by atoms with Gasteiger partial charge in [-0.15, -0.1) is 0 Å². The number of furan rings is 1. The highest BCUT2D eigenvalue weighted by molar-refractivity contribution is 7.89. The third-order valence-corrected chi connectivity index (χ3v) is 3.98. The number of hydrogen-bond donors (Lipinski definition) is 2. The molecule has 0 saturated heterocycles. The Bertz CT molecular complexity index is 725. The van der Waals surface area contributed by atoms with Crippen LogP contribution >= 0.6 is 0 Å². The van der Waals surface area contributed by atoms with Crippen LogP contribution in [0, 0.1) is 10.1 Å². The fourth-order valence-electron chi connectivity index (χ4n) is 1.60. The zero-order chi connectivity index (χ0) is 14.8. The maximum Gasteiger partial charge on any atom is 0.312 e. The number of nitro benzene ring substituents is 1. The minimum absolute atomic E-state index is 0.0369. The first-order valence-electron chi connectivity index (χ1n) is 5.45. The Balaban J connectivity index is 2.34. The molecule has 0 aliphatic carbocycles. The highest BCUT2D eigenvalue weighted by atomic mass is 32.2. The summed E-state index contributed by atoms with van der Waals surface area (Å²) in [5.74, 6) is 0. The average Bonchev–Trinajstić information content (AvgIpc) is 2.89. The molecule has 0 unspecified atom stereocenters. The summed E-state index contributed by atoms with van der Waals surface area (Å²) in [4.78, 5) is 9.66. The van der Waals surface area contributed by atoms with E-state index in [0.29, 0.717) is 5.56 Å². The van der Waals surface area contributed by atoms with Gasteiger partial charge in [-0.25, -0.2) is 13.1 Å². The highest BCUT2D eigenvalue weighted by Crippen LogP contribution is 2.29. The van der Waals surface area contributed by atoms with Gasteiger partial charge in [-0.05, 0) is 18.2 Å². The van der Waals surface area contributed by atoms with Crippen LogP contribution < -0.4 is 10.5 Å². The minimum atomic E-state index is -4.05. The van der Waals surface area contributed by atoms with E-state index in [-0.39, 0.29) is 12.2 Å².